The Morgan fingerprint density at radius 2 is 2.19 bits per heavy atom. The molecule has 2 saturated heterocycles. The highest BCUT2D eigenvalue weighted by atomic mass is 35.5. The highest BCUT2D eigenvalue weighted by Gasteiger charge is 2.29. The predicted octanol–water partition coefficient (Wildman–Crippen LogP) is 1.20. The number of carbonyl (C=O) groups excluding carboxylic acids is 1. The van der Waals surface area contributed by atoms with Gasteiger partial charge in [0.1, 0.15) is 0 Å². The van der Waals surface area contributed by atoms with Gasteiger partial charge in [-0.25, -0.2) is 0 Å². The molecule has 0 aromatic heterocycles. The van der Waals surface area contributed by atoms with Crippen molar-refractivity contribution in [2.75, 3.05) is 39.4 Å². The fraction of sp³-hybridized carbons (Fsp3) is 0.929. The van der Waals surface area contributed by atoms with E-state index in [4.69, 9.17) is 4.74 Å². The molecule has 0 aliphatic carbocycles. The van der Waals surface area contributed by atoms with Crippen LogP contribution in [0.3, 0.4) is 0 Å². The topological polar surface area (TPSA) is 53.6 Å². The number of nitrogens with zero attached hydrogens (tertiary/aromatic N) is 1. The number of hydrogen-bond acceptors (Lipinski definition) is 4. The van der Waals surface area contributed by atoms with E-state index in [0.717, 1.165) is 45.8 Å². The quantitative estimate of drug-likeness (QED) is 0.788. The van der Waals surface area contributed by atoms with Gasteiger partial charge in [-0.15, -0.1) is 24.8 Å². The highest BCUT2D eigenvalue weighted by molar-refractivity contribution is 5.85. The summed E-state index contributed by atoms with van der Waals surface area (Å²) in [6.45, 7) is 9.59. The van der Waals surface area contributed by atoms with Crippen molar-refractivity contribution in [3.05, 3.63) is 0 Å². The van der Waals surface area contributed by atoms with E-state index >= 15 is 0 Å². The molecule has 0 bridgehead atoms. The van der Waals surface area contributed by atoms with Crippen molar-refractivity contribution < 1.29 is 9.53 Å². The zero-order chi connectivity index (χ0) is 13.7. The van der Waals surface area contributed by atoms with Gasteiger partial charge in [-0.3, -0.25) is 9.69 Å². The third-order valence-corrected chi connectivity index (χ3v) is 4.11. The Morgan fingerprint density at radius 3 is 2.81 bits per heavy atom. The van der Waals surface area contributed by atoms with Gasteiger partial charge >= 0.3 is 0 Å². The first-order valence-corrected chi connectivity index (χ1v) is 7.41. The summed E-state index contributed by atoms with van der Waals surface area (Å²) in [5.74, 6) is 0.172. The lowest BCUT2D eigenvalue weighted by molar-refractivity contribution is -0.121. The Kier molecular flexibility index (Phi) is 9.81. The van der Waals surface area contributed by atoms with E-state index in [2.05, 4.69) is 29.4 Å². The van der Waals surface area contributed by atoms with Gasteiger partial charge in [-0.2, -0.15) is 0 Å². The molecule has 2 fully saturated rings. The Morgan fingerprint density at radius 1 is 1.43 bits per heavy atom. The number of carbonyl (C=O) groups is 1. The van der Waals surface area contributed by atoms with Gasteiger partial charge in [0.25, 0.3) is 0 Å². The van der Waals surface area contributed by atoms with Gasteiger partial charge in [0, 0.05) is 37.6 Å². The molecule has 126 valence electrons. The van der Waals surface area contributed by atoms with Crippen LogP contribution in [0.25, 0.3) is 0 Å². The fourth-order valence-corrected chi connectivity index (χ4v) is 2.86. The van der Waals surface area contributed by atoms with E-state index in [-0.39, 0.29) is 36.3 Å². The van der Waals surface area contributed by atoms with Gasteiger partial charge in [0.15, 0.2) is 0 Å². The van der Waals surface area contributed by atoms with Crippen LogP contribution in [0.5, 0.6) is 0 Å². The maximum atomic E-state index is 11.8. The number of halogens is 2. The number of rotatable bonds is 5. The average molecular weight is 342 g/mol. The van der Waals surface area contributed by atoms with Gasteiger partial charge in [-0.1, -0.05) is 0 Å². The molecule has 2 N–H and O–H groups in total. The van der Waals surface area contributed by atoms with Crippen LogP contribution in [-0.2, 0) is 9.53 Å². The average Bonchev–Trinajstić information content (AvgIpc) is 2.84. The van der Waals surface area contributed by atoms with Crippen molar-refractivity contribution >= 4 is 30.7 Å². The number of ether oxygens (including phenoxy) is 1. The molecule has 0 aromatic carbocycles. The molecule has 1 atom stereocenters. The molecule has 0 saturated carbocycles. The van der Waals surface area contributed by atoms with E-state index < -0.39 is 0 Å². The first-order valence-electron chi connectivity index (χ1n) is 7.41. The van der Waals surface area contributed by atoms with E-state index in [1.54, 1.807) is 0 Å². The maximum Gasteiger partial charge on any atom is 0.221 e. The molecule has 21 heavy (non-hydrogen) atoms. The summed E-state index contributed by atoms with van der Waals surface area (Å²) < 4.78 is 5.49. The minimum absolute atomic E-state index is 0. The van der Waals surface area contributed by atoms with Crippen LogP contribution < -0.4 is 10.6 Å². The van der Waals surface area contributed by atoms with Crippen molar-refractivity contribution in [1.82, 2.24) is 15.5 Å². The van der Waals surface area contributed by atoms with E-state index in [1.807, 2.05) is 0 Å². The Hall–Kier alpha value is -0.0700. The molecule has 7 heteroatoms. The molecule has 0 aromatic rings. The van der Waals surface area contributed by atoms with Gasteiger partial charge in [0.05, 0.1) is 13.2 Å². The number of nitrogens with one attached hydrogen (secondary N) is 2. The maximum absolute atomic E-state index is 11.8. The van der Waals surface area contributed by atoms with Crippen LogP contribution in [0.1, 0.15) is 33.1 Å². The van der Waals surface area contributed by atoms with Crippen LogP contribution in [0, 0.1) is 0 Å². The molecule has 2 rings (SSSR count). The third kappa shape index (κ3) is 6.70. The van der Waals surface area contributed by atoms with Gasteiger partial charge in [-0.05, 0) is 33.2 Å². The molecule has 2 heterocycles. The second-order valence-electron chi connectivity index (χ2n) is 6.20. The lowest BCUT2D eigenvalue weighted by atomic mass is 10.0. The van der Waals surface area contributed by atoms with Crippen molar-refractivity contribution in [3.8, 4) is 0 Å². The van der Waals surface area contributed by atoms with Crippen molar-refractivity contribution in [2.45, 2.75) is 44.7 Å². The summed E-state index contributed by atoms with van der Waals surface area (Å²) in [6, 6.07) is 0.389. The lowest BCUT2D eigenvalue weighted by Gasteiger charge is -2.42. The number of morpholine rings is 1. The van der Waals surface area contributed by atoms with Crippen LogP contribution in [0.15, 0.2) is 0 Å². The molecule has 2 aliphatic heterocycles. The zero-order valence-electron chi connectivity index (χ0n) is 13.0. The minimum Gasteiger partial charge on any atom is -0.378 e. The van der Waals surface area contributed by atoms with Crippen molar-refractivity contribution in [3.63, 3.8) is 0 Å². The Labute approximate surface area is 140 Å². The van der Waals surface area contributed by atoms with Gasteiger partial charge < -0.3 is 15.4 Å². The van der Waals surface area contributed by atoms with Crippen LogP contribution in [0.4, 0.5) is 0 Å². The molecular formula is C14H29Cl2N3O2. The molecule has 5 nitrogen and oxygen atoms in total. The van der Waals surface area contributed by atoms with Gasteiger partial charge in [0.2, 0.25) is 5.91 Å². The SMILES string of the molecule is CC1(C)COCCN1CCNC(=O)CC1CCCN1.Cl.Cl. The number of amides is 1. The molecule has 1 unspecified atom stereocenters. The summed E-state index contributed by atoms with van der Waals surface area (Å²) in [5.41, 5.74) is 0.0794. The standard InChI is InChI=1S/C14H27N3O2.2ClH/c1-14(2)11-19-9-8-17(14)7-6-16-13(18)10-12-4-3-5-15-12;;/h12,15H,3-11H2,1-2H3,(H,16,18);2*1H. The molecule has 0 spiro atoms. The van der Waals surface area contributed by atoms with Crippen LogP contribution in [0.2, 0.25) is 0 Å². The Bertz CT molecular complexity index is 311. The fourth-order valence-electron chi connectivity index (χ4n) is 2.86. The summed E-state index contributed by atoms with van der Waals surface area (Å²) in [5, 5.41) is 6.39. The second-order valence-corrected chi connectivity index (χ2v) is 6.20. The zero-order valence-corrected chi connectivity index (χ0v) is 14.7. The smallest absolute Gasteiger partial charge is 0.221 e. The summed E-state index contributed by atoms with van der Waals surface area (Å²) in [7, 11) is 0. The van der Waals surface area contributed by atoms with Crippen LogP contribution >= 0.6 is 24.8 Å². The van der Waals surface area contributed by atoms with Crippen molar-refractivity contribution in [2.24, 2.45) is 0 Å². The monoisotopic (exact) mass is 341 g/mol. The normalized spacial score (nSPS) is 24.8. The number of hydrogen-bond donors (Lipinski definition) is 2. The third-order valence-electron chi connectivity index (χ3n) is 4.11. The summed E-state index contributed by atoms with van der Waals surface area (Å²) >= 11 is 0. The molecule has 2 aliphatic rings. The van der Waals surface area contributed by atoms with E-state index in [0.29, 0.717) is 12.5 Å². The second kappa shape index (κ2) is 9.85. The van der Waals surface area contributed by atoms with E-state index in [1.165, 1.54) is 6.42 Å². The minimum atomic E-state index is 0. The summed E-state index contributed by atoms with van der Waals surface area (Å²) in [4.78, 5) is 14.2. The molecule has 1 amide bonds. The predicted molar refractivity (Wildman–Crippen MR) is 89.6 cm³/mol. The van der Waals surface area contributed by atoms with Crippen LogP contribution in [-0.4, -0.2) is 61.8 Å². The molecule has 0 radical (unpaired) electrons. The first-order chi connectivity index (χ1) is 9.08. The first kappa shape index (κ1) is 20.9. The molecular weight excluding hydrogens is 313 g/mol. The summed E-state index contributed by atoms with van der Waals surface area (Å²) in [6.07, 6.45) is 2.94. The Balaban J connectivity index is 0.00000200. The lowest BCUT2D eigenvalue weighted by Crippen LogP contribution is -2.54. The van der Waals surface area contributed by atoms with E-state index in [9.17, 15) is 4.79 Å². The van der Waals surface area contributed by atoms with Crippen molar-refractivity contribution in [1.29, 1.82) is 0 Å². The largest absolute Gasteiger partial charge is 0.378 e. The highest BCUT2D eigenvalue weighted by Crippen LogP contribution is 2.17.